The number of ether oxygens (including phenoxy) is 1. The standard InChI is InChI=1S/C26H32N4O5/c1-4-19(5-2)35-22-15-18(26(33)34)14-21(23(22)28-16(3)31)29-24-20(12-9-13-27-24)30-25(32)17-10-7-6-8-11-17/h6-13,15,19,21-23H,4-5,14H2,1-3H3,(H,27,29)(H,28,31)(H,30,32)(H,33,34)/t21-,22+,23+/m0/s1. The van der Waals surface area contributed by atoms with Crippen molar-refractivity contribution in [3.63, 3.8) is 0 Å². The zero-order valence-corrected chi connectivity index (χ0v) is 20.2. The van der Waals surface area contributed by atoms with Crippen molar-refractivity contribution in [2.45, 2.75) is 64.3 Å². The minimum atomic E-state index is -1.05. The second-order valence-corrected chi connectivity index (χ2v) is 8.44. The van der Waals surface area contributed by atoms with Crippen LogP contribution >= 0.6 is 0 Å². The third-order valence-electron chi connectivity index (χ3n) is 5.91. The Labute approximate surface area is 205 Å². The van der Waals surface area contributed by atoms with Gasteiger partial charge in [-0.1, -0.05) is 32.0 Å². The molecular weight excluding hydrogens is 448 g/mol. The second kappa shape index (κ2) is 12.1. The molecule has 35 heavy (non-hydrogen) atoms. The number of pyridine rings is 1. The van der Waals surface area contributed by atoms with Crippen molar-refractivity contribution >= 4 is 29.3 Å². The number of hydrogen-bond acceptors (Lipinski definition) is 6. The lowest BCUT2D eigenvalue weighted by molar-refractivity contribution is -0.133. The Hall–Kier alpha value is -3.72. The van der Waals surface area contributed by atoms with Gasteiger partial charge in [0.1, 0.15) is 5.82 Å². The van der Waals surface area contributed by atoms with Crippen LogP contribution in [0, 0.1) is 0 Å². The van der Waals surface area contributed by atoms with Gasteiger partial charge >= 0.3 is 5.97 Å². The highest BCUT2D eigenvalue weighted by Gasteiger charge is 2.38. The maximum atomic E-state index is 12.7. The van der Waals surface area contributed by atoms with E-state index < -0.39 is 24.2 Å². The summed E-state index contributed by atoms with van der Waals surface area (Å²) < 4.78 is 6.22. The fourth-order valence-corrected chi connectivity index (χ4v) is 4.09. The van der Waals surface area contributed by atoms with Crippen LogP contribution in [0.2, 0.25) is 0 Å². The van der Waals surface area contributed by atoms with Crippen LogP contribution in [-0.2, 0) is 14.3 Å². The number of carboxylic acid groups (broad SMARTS) is 1. The highest BCUT2D eigenvalue weighted by Crippen LogP contribution is 2.29. The van der Waals surface area contributed by atoms with Crippen molar-refractivity contribution < 1.29 is 24.2 Å². The highest BCUT2D eigenvalue weighted by molar-refractivity contribution is 6.05. The molecule has 1 heterocycles. The van der Waals surface area contributed by atoms with Crippen molar-refractivity contribution in [1.29, 1.82) is 0 Å². The number of carbonyl (C=O) groups excluding carboxylic acids is 2. The van der Waals surface area contributed by atoms with Crippen molar-refractivity contribution in [3.05, 3.63) is 65.9 Å². The van der Waals surface area contributed by atoms with E-state index in [4.69, 9.17) is 4.74 Å². The molecule has 0 bridgehead atoms. The lowest BCUT2D eigenvalue weighted by Crippen LogP contribution is -2.56. The maximum absolute atomic E-state index is 12.7. The first-order chi connectivity index (χ1) is 16.8. The van der Waals surface area contributed by atoms with E-state index in [1.54, 1.807) is 48.7 Å². The molecule has 3 rings (SSSR count). The molecule has 2 aromatic rings. The molecule has 9 nitrogen and oxygen atoms in total. The minimum Gasteiger partial charge on any atom is -0.478 e. The molecule has 2 amide bonds. The Morgan fingerprint density at radius 2 is 1.83 bits per heavy atom. The van der Waals surface area contributed by atoms with E-state index in [0.717, 1.165) is 12.8 Å². The lowest BCUT2D eigenvalue weighted by atomic mass is 9.87. The monoisotopic (exact) mass is 480 g/mol. The topological polar surface area (TPSA) is 130 Å². The lowest BCUT2D eigenvalue weighted by Gasteiger charge is -2.38. The number of aliphatic carboxylic acids is 1. The molecule has 0 unspecified atom stereocenters. The van der Waals surface area contributed by atoms with Gasteiger partial charge in [0.2, 0.25) is 5.91 Å². The molecule has 3 atom stereocenters. The number of nitrogens with zero attached hydrogens (tertiary/aromatic N) is 1. The maximum Gasteiger partial charge on any atom is 0.331 e. The molecule has 0 spiro atoms. The Morgan fingerprint density at radius 3 is 2.46 bits per heavy atom. The Bertz CT molecular complexity index is 1070. The summed E-state index contributed by atoms with van der Waals surface area (Å²) in [4.78, 5) is 41.1. The SMILES string of the molecule is CCC(CC)O[C@@H]1C=C(C(=O)O)C[C@H](Nc2ncccc2NC(=O)c2ccccc2)[C@H]1NC(C)=O. The van der Waals surface area contributed by atoms with Gasteiger partial charge in [-0.2, -0.15) is 0 Å². The third kappa shape index (κ3) is 6.89. The van der Waals surface area contributed by atoms with Gasteiger partial charge < -0.3 is 25.8 Å². The second-order valence-electron chi connectivity index (χ2n) is 8.44. The van der Waals surface area contributed by atoms with E-state index in [9.17, 15) is 19.5 Å². The Balaban J connectivity index is 1.90. The number of benzene rings is 1. The molecule has 0 fully saturated rings. The van der Waals surface area contributed by atoms with E-state index >= 15 is 0 Å². The van der Waals surface area contributed by atoms with Gasteiger partial charge in [0.25, 0.3) is 5.91 Å². The van der Waals surface area contributed by atoms with Gasteiger partial charge in [0.15, 0.2) is 0 Å². The minimum absolute atomic E-state index is 0.0862. The molecule has 0 radical (unpaired) electrons. The number of nitrogens with one attached hydrogen (secondary N) is 3. The molecule has 1 aromatic carbocycles. The zero-order valence-electron chi connectivity index (χ0n) is 20.2. The van der Waals surface area contributed by atoms with Gasteiger partial charge in [-0.25, -0.2) is 9.78 Å². The molecule has 1 aliphatic carbocycles. The summed E-state index contributed by atoms with van der Waals surface area (Å²) in [5.74, 6) is -1.24. The van der Waals surface area contributed by atoms with Crippen molar-refractivity contribution in [2.24, 2.45) is 0 Å². The van der Waals surface area contributed by atoms with Crippen LogP contribution in [0.15, 0.2) is 60.3 Å². The van der Waals surface area contributed by atoms with Gasteiger partial charge in [-0.15, -0.1) is 0 Å². The van der Waals surface area contributed by atoms with Crippen LogP contribution in [0.5, 0.6) is 0 Å². The Morgan fingerprint density at radius 1 is 1.11 bits per heavy atom. The molecule has 1 aliphatic rings. The number of aromatic nitrogens is 1. The van der Waals surface area contributed by atoms with Gasteiger partial charge in [-0.3, -0.25) is 9.59 Å². The summed E-state index contributed by atoms with van der Waals surface area (Å²) in [7, 11) is 0. The summed E-state index contributed by atoms with van der Waals surface area (Å²) >= 11 is 0. The molecule has 0 aliphatic heterocycles. The summed E-state index contributed by atoms with van der Waals surface area (Å²) in [5, 5.41) is 18.8. The fourth-order valence-electron chi connectivity index (χ4n) is 4.09. The van der Waals surface area contributed by atoms with Crippen molar-refractivity contribution in [2.75, 3.05) is 10.6 Å². The van der Waals surface area contributed by atoms with E-state index in [1.165, 1.54) is 6.92 Å². The molecule has 0 saturated carbocycles. The molecule has 186 valence electrons. The van der Waals surface area contributed by atoms with E-state index in [2.05, 4.69) is 20.9 Å². The predicted molar refractivity (Wildman–Crippen MR) is 133 cm³/mol. The molecule has 4 N–H and O–H groups in total. The van der Waals surface area contributed by atoms with Crippen LogP contribution in [0.3, 0.4) is 0 Å². The van der Waals surface area contributed by atoms with E-state index in [-0.39, 0.29) is 29.9 Å². The van der Waals surface area contributed by atoms with E-state index in [1.807, 2.05) is 19.9 Å². The average Bonchev–Trinajstić information content (AvgIpc) is 2.85. The predicted octanol–water partition coefficient (Wildman–Crippen LogP) is 3.61. The van der Waals surface area contributed by atoms with Crippen LogP contribution in [0.4, 0.5) is 11.5 Å². The summed E-state index contributed by atoms with van der Waals surface area (Å²) in [5.41, 5.74) is 1.11. The van der Waals surface area contributed by atoms with Crippen LogP contribution < -0.4 is 16.0 Å². The average molecular weight is 481 g/mol. The number of amides is 2. The normalized spacial score (nSPS) is 19.5. The number of anilines is 2. The van der Waals surface area contributed by atoms with Crippen molar-refractivity contribution in [1.82, 2.24) is 10.3 Å². The summed E-state index contributed by atoms with van der Waals surface area (Å²) in [6, 6.07) is 11.1. The smallest absolute Gasteiger partial charge is 0.331 e. The van der Waals surface area contributed by atoms with Crippen LogP contribution in [-0.4, -0.2) is 52.2 Å². The first kappa shape index (κ1) is 25.9. The fraction of sp³-hybridized carbons (Fsp3) is 0.385. The number of rotatable bonds is 10. The number of hydrogen-bond donors (Lipinski definition) is 4. The zero-order chi connectivity index (χ0) is 25.4. The molecule has 9 heteroatoms. The van der Waals surface area contributed by atoms with Gasteiger partial charge in [-0.05, 0) is 43.2 Å². The van der Waals surface area contributed by atoms with Crippen LogP contribution in [0.1, 0.15) is 50.4 Å². The van der Waals surface area contributed by atoms with Crippen molar-refractivity contribution in [3.8, 4) is 0 Å². The first-order valence-electron chi connectivity index (χ1n) is 11.8. The molecule has 1 aromatic heterocycles. The largest absolute Gasteiger partial charge is 0.478 e. The molecular formula is C26H32N4O5. The summed E-state index contributed by atoms with van der Waals surface area (Å²) in [6.07, 6.45) is 4.06. The van der Waals surface area contributed by atoms with Crippen LogP contribution in [0.25, 0.3) is 0 Å². The quantitative estimate of drug-likeness (QED) is 0.409. The molecule has 0 saturated heterocycles. The summed E-state index contributed by atoms with van der Waals surface area (Å²) in [6.45, 7) is 5.41. The van der Waals surface area contributed by atoms with E-state index in [0.29, 0.717) is 17.1 Å². The van der Waals surface area contributed by atoms with Gasteiger partial charge in [0, 0.05) is 30.7 Å². The number of carboxylic acids is 1. The Kier molecular flexibility index (Phi) is 8.97. The highest BCUT2D eigenvalue weighted by atomic mass is 16.5. The third-order valence-corrected chi connectivity index (χ3v) is 5.91. The van der Waals surface area contributed by atoms with Gasteiger partial charge in [0.05, 0.1) is 30.0 Å². The number of carbonyl (C=O) groups is 3. The first-order valence-corrected chi connectivity index (χ1v) is 11.8.